The Bertz CT molecular complexity index is 1080. The molecular weight excluding hydrogens is 413 g/mol. The molecule has 1 amide bonds. The molecule has 1 aliphatic heterocycles. The number of rotatable bonds is 5. The van der Waals surface area contributed by atoms with Crippen LogP contribution in [-0.2, 0) is 11.0 Å². The van der Waals surface area contributed by atoms with E-state index in [1.807, 2.05) is 24.1 Å². The van der Waals surface area contributed by atoms with E-state index in [0.29, 0.717) is 12.2 Å². The first-order valence-corrected chi connectivity index (χ1v) is 9.49. The minimum absolute atomic E-state index is 0.0375. The maximum absolute atomic E-state index is 13.3. The number of para-hydroxylation sites is 1. The number of halogens is 3. The van der Waals surface area contributed by atoms with E-state index in [2.05, 4.69) is 15.5 Å². The van der Waals surface area contributed by atoms with Crippen molar-refractivity contribution in [1.29, 1.82) is 0 Å². The number of hydrogen-bond acceptors (Lipinski definition) is 6. The van der Waals surface area contributed by atoms with Gasteiger partial charge in [-0.3, -0.25) is 9.69 Å². The van der Waals surface area contributed by atoms with E-state index in [1.165, 1.54) is 18.2 Å². The highest BCUT2D eigenvalue weighted by molar-refractivity contribution is 5.80. The van der Waals surface area contributed by atoms with Crippen molar-refractivity contribution >= 4 is 5.91 Å². The largest absolute Gasteiger partial charge is 0.423 e. The van der Waals surface area contributed by atoms with Gasteiger partial charge in [0.25, 0.3) is 0 Å². The second-order valence-corrected chi connectivity index (χ2v) is 7.24. The summed E-state index contributed by atoms with van der Waals surface area (Å²) in [4.78, 5) is 13.5. The summed E-state index contributed by atoms with van der Waals surface area (Å²) in [5, 5.41) is 10.8. The quantitative estimate of drug-likeness (QED) is 0.665. The molecule has 4 rings (SSSR count). The zero-order chi connectivity index (χ0) is 22.2. The fourth-order valence-electron chi connectivity index (χ4n) is 3.84. The second-order valence-electron chi connectivity index (χ2n) is 7.24. The first-order valence-electron chi connectivity index (χ1n) is 9.49. The molecule has 1 aromatic heterocycles. The molecule has 8 nitrogen and oxygen atoms in total. The lowest BCUT2D eigenvalue weighted by atomic mass is 10.0. The van der Waals surface area contributed by atoms with Crippen LogP contribution >= 0.6 is 0 Å². The number of carbonyl (C=O) groups excluding carboxylic acids is 1. The number of aromatic nitrogens is 4. The molecule has 2 atom stereocenters. The lowest BCUT2D eigenvalue weighted by Gasteiger charge is -2.24. The van der Waals surface area contributed by atoms with Crippen LogP contribution in [-0.4, -0.2) is 44.1 Å². The minimum Gasteiger partial charge on any atom is -0.423 e. The number of alkyl halides is 3. The molecule has 1 aliphatic rings. The van der Waals surface area contributed by atoms with Gasteiger partial charge in [-0.2, -0.15) is 17.9 Å². The van der Waals surface area contributed by atoms with Crippen molar-refractivity contribution in [3.05, 3.63) is 59.7 Å². The van der Waals surface area contributed by atoms with Gasteiger partial charge >= 0.3 is 12.2 Å². The van der Waals surface area contributed by atoms with Crippen molar-refractivity contribution in [1.82, 2.24) is 25.1 Å². The van der Waals surface area contributed by atoms with Gasteiger partial charge in [0, 0.05) is 6.04 Å². The molecule has 1 fully saturated rings. The molecule has 0 bridgehead atoms. The highest BCUT2D eigenvalue weighted by atomic mass is 19.4. The molecule has 0 radical (unpaired) electrons. The smallest absolute Gasteiger partial charge is 0.418 e. The van der Waals surface area contributed by atoms with Crippen molar-refractivity contribution in [3.8, 4) is 17.4 Å². The molecule has 3 aromatic rings. The van der Waals surface area contributed by atoms with Crippen LogP contribution in [0.25, 0.3) is 5.69 Å². The Morgan fingerprint density at radius 3 is 2.48 bits per heavy atom. The van der Waals surface area contributed by atoms with Crippen LogP contribution in [0.4, 0.5) is 13.2 Å². The van der Waals surface area contributed by atoms with Gasteiger partial charge in [0.2, 0.25) is 5.91 Å². The third kappa shape index (κ3) is 4.08. The van der Waals surface area contributed by atoms with Crippen LogP contribution < -0.4 is 10.5 Å². The minimum atomic E-state index is -4.57. The topological polar surface area (TPSA) is 99.2 Å². The van der Waals surface area contributed by atoms with Gasteiger partial charge in [0.05, 0.1) is 17.3 Å². The molecule has 2 aromatic carbocycles. The Balaban J connectivity index is 1.55. The zero-order valence-corrected chi connectivity index (χ0v) is 16.5. The van der Waals surface area contributed by atoms with Crippen molar-refractivity contribution in [2.45, 2.75) is 31.1 Å². The monoisotopic (exact) mass is 432 g/mol. The van der Waals surface area contributed by atoms with E-state index in [0.717, 1.165) is 22.7 Å². The molecule has 2 N–H and O–H groups in total. The molecule has 1 saturated heterocycles. The summed E-state index contributed by atoms with van der Waals surface area (Å²) >= 11 is 0. The Hall–Kier alpha value is -3.47. The molecule has 31 heavy (non-hydrogen) atoms. The molecule has 0 unspecified atom stereocenters. The van der Waals surface area contributed by atoms with Gasteiger partial charge in [-0.25, -0.2) is 0 Å². The maximum atomic E-state index is 13.3. The first kappa shape index (κ1) is 20.8. The van der Waals surface area contributed by atoms with Crippen molar-refractivity contribution in [2.24, 2.45) is 5.73 Å². The average Bonchev–Trinajstić information content (AvgIpc) is 3.34. The molecule has 162 valence electrons. The van der Waals surface area contributed by atoms with Crippen LogP contribution in [0.1, 0.15) is 30.0 Å². The van der Waals surface area contributed by atoms with Crippen LogP contribution in [0.2, 0.25) is 0 Å². The van der Waals surface area contributed by atoms with Crippen molar-refractivity contribution in [3.63, 3.8) is 0 Å². The fraction of sp³-hybridized carbons (Fsp3) is 0.300. The molecule has 11 heteroatoms. The van der Waals surface area contributed by atoms with Gasteiger partial charge in [0.1, 0.15) is 5.75 Å². The highest BCUT2D eigenvalue weighted by Crippen LogP contribution is 2.36. The van der Waals surface area contributed by atoms with Gasteiger partial charge < -0.3 is 10.5 Å². The molecule has 0 spiro atoms. The summed E-state index contributed by atoms with van der Waals surface area (Å²) in [6.07, 6.45) is -3.10. The molecular formula is C20H19F3N6O2. The van der Waals surface area contributed by atoms with E-state index >= 15 is 0 Å². The summed E-state index contributed by atoms with van der Waals surface area (Å²) < 4.78 is 46.6. The SMILES string of the molecule is CN1[C@@H](c2ccc(Oc3nnnn3-c3ccccc3C(F)(F)F)cc2)CC[C@H]1C(N)=O. The third-order valence-corrected chi connectivity index (χ3v) is 5.38. The van der Waals surface area contributed by atoms with Gasteiger partial charge in [-0.05, 0) is 60.1 Å². The molecule has 2 heterocycles. The first-order chi connectivity index (χ1) is 14.8. The van der Waals surface area contributed by atoms with Crippen molar-refractivity contribution < 1.29 is 22.7 Å². The molecule has 0 saturated carbocycles. The van der Waals surface area contributed by atoms with E-state index < -0.39 is 11.7 Å². The van der Waals surface area contributed by atoms with E-state index in [9.17, 15) is 18.0 Å². The average molecular weight is 432 g/mol. The number of hydrogen-bond donors (Lipinski definition) is 1. The standard InChI is InChI=1S/C20H19F3N6O2/c1-28-15(10-11-17(28)18(24)30)12-6-8-13(9-7-12)31-19-25-26-27-29(19)16-5-3-2-4-14(16)20(21,22)23/h2-9,15,17H,10-11H2,1H3,(H2,24,30)/t15-,17+/m1/s1. The van der Waals surface area contributed by atoms with Gasteiger partial charge in [-0.1, -0.05) is 29.4 Å². The Morgan fingerprint density at radius 1 is 1.13 bits per heavy atom. The predicted molar refractivity (Wildman–Crippen MR) is 103 cm³/mol. The number of likely N-dealkylation sites (N-methyl/N-ethyl adjacent to an activating group) is 1. The fourth-order valence-corrected chi connectivity index (χ4v) is 3.84. The van der Waals surface area contributed by atoms with Crippen molar-refractivity contribution in [2.75, 3.05) is 7.05 Å². The van der Waals surface area contributed by atoms with E-state index in [-0.39, 0.29) is 29.7 Å². The number of amides is 1. The van der Waals surface area contributed by atoms with Gasteiger partial charge in [-0.15, -0.1) is 0 Å². The van der Waals surface area contributed by atoms with Gasteiger partial charge in [0.15, 0.2) is 0 Å². The normalized spacial score (nSPS) is 19.5. The predicted octanol–water partition coefficient (Wildman–Crippen LogP) is 3.09. The number of benzene rings is 2. The van der Waals surface area contributed by atoms with Crippen LogP contribution in [0, 0.1) is 0 Å². The second kappa shape index (κ2) is 7.99. The number of likely N-dealkylation sites (tertiary alicyclic amines) is 1. The van der Waals surface area contributed by atoms with Crippen LogP contribution in [0.3, 0.4) is 0 Å². The number of carbonyl (C=O) groups is 1. The van der Waals surface area contributed by atoms with E-state index in [1.54, 1.807) is 12.1 Å². The Kier molecular flexibility index (Phi) is 5.36. The van der Waals surface area contributed by atoms with Crippen LogP contribution in [0.15, 0.2) is 48.5 Å². The highest BCUT2D eigenvalue weighted by Gasteiger charge is 2.36. The summed E-state index contributed by atoms with van der Waals surface area (Å²) in [6.45, 7) is 0. The summed E-state index contributed by atoms with van der Waals surface area (Å²) in [5.41, 5.74) is 5.29. The summed E-state index contributed by atoms with van der Waals surface area (Å²) in [6, 6.07) is 11.5. The Labute approximate surface area is 175 Å². The lowest BCUT2D eigenvalue weighted by Crippen LogP contribution is -2.38. The zero-order valence-electron chi connectivity index (χ0n) is 16.5. The van der Waals surface area contributed by atoms with Crippen LogP contribution in [0.5, 0.6) is 11.8 Å². The summed E-state index contributed by atoms with van der Waals surface area (Å²) in [7, 11) is 1.85. The number of ether oxygens (including phenoxy) is 1. The number of nitrogens with zero attached hydrogens (tertiary/aromatic N) is 5. The lowest BCUT2D eigenvalue weighted by molar-refractivity contribution is -0.137. The maximum Gasteiger partial charge on any atom is 0.418 e. The summed E-state index contributed by atoms with van der Waals surface area (Å²) in [5.74, 6) is 0.00678. The number of primary amides is 1. The third-order valence-electron chi connectivity index (χ3n) is 5.38. The van der Waals surface area contributed by atoms with E-state index in [4.69, 9.17) is 10.5 Å². The number of nitrogens with two attached hydrogens (primary N) is 1. The molecule has 0 aliphatic carbocycles. The Morgan fingerprint density at radius 2 is 1.84 bits per heavy atom. The number of tetrazole rings is 1.